The summed E-state index contributed by atoms with van der Waals surface area (Å²) in [6.45, 7) is 0.998. The molecular formula is C18H25F3N4O5. The standard InChI is InChI=1S/C18H25F3N4O5/c1-29-10-12-3-2-8-24(12)15(26)7-5-13(23)16(27)14-6-4-11(9-22)25(14)30-17(28)18(19,20)21/h11-14H,2-8,10,23H2,1H3. The minimum absolute atomic E-state index is 0.0101. The number of halogens is 3. The van der Waals surface area contributed by atoms with Gasteiger partial charge in [0.05, 0.1) is 24.8 Å². The van der Waals surface area contributed by atoms with E-state index in [1.807, 2.05) is 0 Å². The molecule has 2 saturated heterocycles. The Morgan fingerprint density at radius 2 is 1.97 bits per heavy atom. The zero-order valence-corrected chi connectivity index (χ0v) is 16.6. The number of Topliss-reactive ketones (excluding diaryl/α,β-unsaturated/α-hetero) is 1. The minimum Gasteiger partial charge on any atom is -0.383 e. The van der Waals surface area contributed by atoms with E-state index < -0.39 is 36.1 Å². The Morgan fingerprint density at radius 1 is 1.27 bits per heavy atom. The molecule has 2 rings (SSSR count). The first-order valence-corrected chi connectivity index (χ1v) is 9.65. The number of hydroxylamine groups is 2. The summed E-state index contributed by atoms with van der Waals surface area (Å²) >= 11 is 0. The molecule has 2 aliphatic heterocycles. The van der Waals surface area contributed by atoms with Crippen molar-refractivity contribution in [3.05, 3.63) is 0 Å². The van der Waals surface area contributed by atoms with E-state index in [1.54, 1.807) is 18.1 Å². The molecule has 0 aromatic carbocycles. The number of amides is 1. The lowest BCUT2D eigenvalue weighted by Crippen LogP contribution is -2.49. The van der Waals surface area contributed by atoms with Gasteiger partial charge in [0, 0.05) is 20.1 Å². The molecule has 12 heteroatoms. The van der Waals surface area contributed by atoms with E-state index in [2.05, 4.69) is 4.84 Å². The number of rotatable bonds is 8. The monoisotopic (exact) mass is 434 g/mol. The van der Waals surface area contributed by atoms with Crippen LogP contribution in [-0.2, 0) is 24.0 Å². The number of ether oxygens (including phenoxy) is 1. The number of ketones is 1. The van der Waals surface area contributed by atoms with Gasteiger partial charge >= 0.3 is 12.1 Å². The normalized spacial score (nSPS) is 25.7. The average molecular weight is 434 g/mol. The summed E-state index contributed by atoms with van der Waals surface area (Å²) in [5.41, 5.74) is 5.89. The number of methoxy groups -OCH3 is 1. The second-order valence-electron chi connectivity index (χ2n) is 7.36. The third-order valence-corrected chi connectivity index (χ3v) is 5.32. The van der Waals surface area contributed by atoms with Gasteiger partial charge in [-0.15, -0.1) is 5.06 Å². The number of nitriles is 1. The van der Waals surface area contributed by atoms with E-state index in [4.69, 9.17) is 15.7 Å². The Hall–Kier alpha value is -2.23. The largest absolute Gasteiger partial charge is 0.492 e. The molecule has 0 aromatic heterocycles. The van der Waals surface area contributed by atoms with Crippen molar-refractivity contribution in [1.82, 2.24) is 9.96 Å². The second-order valence-corrected chi connectivity index (χ2v) is 7.36. The number of hydrogen-bond acceptors (Lipinski definition) is 8. The van der Waals surface area contributed by atoms with Crippen molar-refractivity contribution in [1.29, 1.82) is 5.26 Å². The molecule has 1 amide bonds. The molecule has 2 N–H and O–H groups in total. The van der Waals surface area contributed by atoms with Crippen LogP contribution in [0.15, 0.2) is 0 Å². The Kier molecular flexibility index (Phi) is 8.17. The second kappa shape index (κ2) is 10.2. The molecule has 4 unspecified atom stereocenters. The summed E-state index contributed by atoms with van der Waals surface area (Å²) in [4.78, 5) is 42.2. The molecule has 0 spiro atoms. The SMILES string of the molecule is COCC1CCCN1C(=O)CCC(N)C(=O)C1CCC(C#N)N1OC(=O)C(F)(F)F. The zero-order valence-electron chi connectivity index (χ0n) is 16.6. The van der Waals surface area contributed by atoms with Crippen LogP contribution in [0.3, 0.4) is 0 Å². The van der Waals surface area contributed by atoms with Gasteiger partial charge in [-0.2, -0.15) is 18.4 Å². The lowest BCUT2D eigenvalue weighted by molar-refractivity contribution is -0.244. The highest BCUT2D eigenvalue weighted by atomic mass is 19.4. The summed E-state index contributed by atoms with van der Waals surface area (Å²) in [7, 11) is 1.54. The van der Waals surface area contributed by atoms with E-state index in [0.29, 0.717) is 18.2 Å². The molecule has 2 fully saturated rings. The smallest absolute Gasteiger partial charge is 0.383 e. The maximum Gasteiger partial charge on any atom is 0.492 e. The molecule has 2 heterocycles. The van der Waals surface area contributed by atoms with E-state index >= 15 is 0 Å². The number of alkyl halides is 3. The fraction of sp³-hybridized carbons (Fsp3) is 0.778. The van der Waals surface area contributed by atoms with Gasteiger partial charge in [0.2, 0.25) is 5.91 Å². The molecule has 9 nitrogen and oxygen atoms in total. The van der Waals surface area contributed by atoms with Gasteiger partial charge < -0.3 is 20.2 Å². The fourth-order valence-electron chi connectivity index (χ4n) is 3.79. The molecule has 168 valence electrons. The van der Waals surface area contributed by atoms with Crippen molar-refractivity contribution in [2.75, 3.05) is 20.3 Å². The first-order chi connectivity index (χ1) is 14.1. The molecule has 0 aromatic rings. The van der Waals surface area contributed by atoms with Crippen LogP contribution in [0.2, 0.25) is 0 Å². The lowest BCUT2D eigenvalue weighted by Gasteiger charge is -2.27. The maximum atomic E-state index is 12.7. The third-order valence-electron chi connectivity index (χ3n) is 5.32. The molecule has 30 heavy (non-hydrogen) atoms. The van der Waals surface area contributed by atoms with Gasteiger partial charge in [0.15, 0.2) is 5.78 Å². The number of hydrogen-bond donors (Lipinski definition) is 1. The topological polar surface area (TPSA) is 126 Å². The van der Waals surface area contributed by atoms with Crippen LogP contribution >= 0.6 is 0 Å². The molecule has 0 bridgehead atoms. The number of carbonyl (C=O) groups excluding carboxylic acids is 3. The number of likely N-dealkylation sites (tertiary alicyclic amines) is 1. The van der Waals surface area contributed by atoms with E-state index in [9.17, 15) is 27.6 Å². The van der Waals surface area contributed by atoms with Gasteiger partial charge in [-0.1, -0.05) is 0 Å². The Morgan fingerprint density at radius 3 is 2.57 bits per heavy atom. The summed E-state index contributed by atoms with van der Waals surface area (Å²) < 4.78 is 42.7. The highest BCUT2D eigenvalue weighted by molar-refractivity contribution is 5.90. The lowest BCUT2D eigenvalue weighted by atomic mass is 10.00. The van der Waals surface area contributed by atoms with Crippen molar-refractivity contribution in [2.24, 2.45) is 5.73 Å². The van der Waals surface area contributed by atoms with Crippen LogP contribution in [0, 0.1) is 11.3 Å². The number of nitrogens with two attached hydrogens (primary N) is 1. The summed E-state index contributed by atoms with van der Waals surface area (Å²) in [5, 5.41) is 9.57. The Balaban J connectivity index is 1.96. The van der Waals surface area contributed by atoms with Crippen LogP contribution in [0.5, 0.6) is 0 Å². The number of carbonyl (C=O) groups is 3. The van der Waals surface area contributed by atoms with Crippen LogP contribution in [0.4, 0.5) is 13.2 Å². The van der Waals surface area contributed by atoms with E-state index in [1.165, 1.54) is 0 Å². The first-order valence-electron chi connectivity index (χ1n) is 9.65. The zero-order chi connectivity index (χ0) is 22.5. The average Bonchev–Trinajstić information content (AvgIpc) is 3.31. The van der Waals surface area contributed by atoms with Crippen LogP contribution in [0.1, 0.15) is 38.5 Å². The van der Waals surface area contributed by atoms with Crippen molar-refractivity contribution < 1.29 is 37.1 Å². The van der Waals surface area contributed by atoms with E-state index in [0.717, 1.165) is 12.8 Å². The van der Waals surface area contributed by atoms with Crippen molar-refractivity contribution in [3.63, 3.8) is 0 Å². The molecule has 0 aliphatic carbocycles. The van der Waals surface area contributed by atoms with Gasteiger partial charge in [-0.3, -0.25) is 9.59 Å². The molecule has 0 saturated carbocycles. The van der Waals surface area contributed by atoms with E-state index in [-0.39, 0.29) is 37.6 Å². The third kappa shape index (κ3) is 5.68. The van der Waals surface area contributed by atoms with Crippen molar-refractivity contribution in [3.8, 4) is 6.07 Å². The summed E-state index contributed by atoms with van der Waals surface area (Å²) in [6.07, 6.45) is -3.54. The number of nitrogens with zero attached hydrogens (tertiary/aromatic N) is 3. The van der Waals surface area contributed by atoms with Gasteiger partial charge in [-0.05, 0) is 32.1 Å². The highest BCUT2D eigenvalue weighted by Crippen LogP contribution is 2.28. The van der Waals surface area contributed by atoms with Gasteiger partial charge in [0.25, 0.3) is 0 Å². The molecule has 4 atom stereocenters. The quantitative estimate of drug-likeness (QED) is 0.591. The summed E-state index contributed by atoms with van der Waals surface area (Å²) in [6, 6.07) is -1.91. The van der Waals surface area contributed by atoms with Crippen molar-refractivity contribution in [2.45, 2.75) is 68.9 Å². The summed E-state index contributed by atoms with van der Waals surface area (Å²) in [5.74, 6) is -3.37. The van der Waals surface area contributed by atoms with Crippen molar-refractivity contribution >= 4 is 17.7 Å². The van der Waals surface area contributed by atoms with Crippen LogP contribution < -0.4 is 5.73 Å². The molecule has 2 aliphatic rings. The predicted molar refractivity (Wildman–Crippen MR) is 95.2 cm³/mol. The molecule has 0 radical (unpaired) electrons. The minimum atomic E-state index is -5.26. The van der Waals surface area contributed by atoms with Gasteiger partial charge in [-0.25, -0.2) is 4.79 Å². The first kappa shape index (κ1) is 24.0. The maximum absolute atomic E-state index is 12.7. The highest BCUT2D eigenvalue weighted by Gasteiger charge is 2.48. The predicted octanol–water partition coefficient (Wildman–Crippen LogP) is 0.677. The van der Waals surface area contributed by atoms with Gasteiger partial charge in [0.1, 0.15) is 12.1 Å². The van der Waals surface area contributed by atoms with Crippen LogP contribution in [0.25, 0.3) is 0 Å². The Labute approximate surface area is 171 Å². The Bertz CT molecular complexity index is 696. The molecular weight excluding hydrogens is 409 g/mol. The fourth-order valence-corrected chi connectivity index (χ4v) is 3.79. The van der Waals surface area contributed by atoms with Crippen LogP contribution in [-0.4, -0.2) is 78.2 Å².